The summed E-state index contributed by atoms with van der Waals surface area (Å²) in [6.07, 6.45) is 6.58. The average Bonchev–Trinajstić information content (AvgIpc) is 2.14. The summed E-state index contributed by atoms with van der Waals surface area (Å²) in [5.74, 6) is 0.362. The smallest absolute Gasteiger partial charge is 0.216 e. The van der Waals surface area contributed by atoms with Crippen molar-refractivity contribution in [3.8, 4) is 5.75 Å². The van der Waals surface area contributed by atoms with Gasteiger partial charge in [0.1, 0.15) is 0 Å². The Morgan fingerprint density at radius 2 is 2.12 bits per heavy atom. The third-order valence-corrected chi connectivity index (χ3v) is 2.76. The van der Waals surface area contributed by atoms with Gasteiger partial charge < -0.3 is 5.11 Å². The van der Waals surface area contributed by atoms with Gasteiger partial charge in [-0.3, -0.25) is 4.79 Å². The second kappa shape index (κ2) is 3.74. The van der Waals surface area contributed by atoms with Gasteiger partial charge in [-0.15, -0.1) is 0 Å². The fourth-order valence-electron chi connectivity index (χ4n) is 2.12. The molecule has 0 aliphatic heterocycles. The normalized spacial score (nSPS) is 19.4. The van der Waals surface area contributed by atoms with Crippen molar-refractivity contribution in [1.82, 2.24) is 0 Å². The molecule has 3 nitrogen and oxygen atoms in total. The molecule has 0 spiro atoms. The van der Waals surface area contributed by atoms with Crippen LogP contribution in [0.3, 0.4) is 0 Å². The van der Waals surface area contributed by atoms with Gasteiger partial charge in [0, 0.05) is 25.0 Å². The molecule has 3 heteroatoms. The summed E-state index contributed by atoms with van der Waals surface area (Å²) in [6.45, 7) is 4.17. The van der Waals surface area contributed by atoms with E-state index in [-0.39, 0.29) is 16.9 Å². The van der Waals surface area contributed by atoms with Gasteiger partial charge in [-0.2, -0.15) is 4.57 Å². The van der Waals surface area contributed by atoms with Crippen molar-refractivity contribution < 1.29 is 14.5 Å². The van der Waals surface area contributed by atoms with Gasteiger partial charge >= 0.3 is 0 Å². The number of allylic oxidation sites excluding steroid dienone is 2. The van der Waals surface area contributed by atoms with E-state index < -0.39 is 0 Å². The lowest BCUT2D eigenvalue weighted by atomic mass is 9.79. The highest BCUT2D eigenvalue weighted by Crippen LogP contribution is 2.33. The Morgan fingerprint density at radius 3 is 2.75 bits per heavy atom. The molecule has 2 rings (SSSR count). The Hall–Kier alpha value is -1.64. The van der Waals surface area contributed by atoms with E-state index in [0.717, 1.165) is 12.1 Å². The van der Waals surface area contributed by atoms with Crippen molar-refractivity contribution in [1.29, 1.82) is 0 Å². The number of carbonyl (C=O) groups excluding carboxylic acids is 1. The van der Waals surface area contributed by atoms with Crippen molar-refractivity contribution in [2.75, 3.05) is 0 Å². The van der Waals surface area contributed by atoms with E-state index in [9.17, 15) is 9.90 Å². The van der Waals surface area contributed by atoms with Crippen molar-refractivity contribution in [3.63, 3.8) is 0 Å². The fourth-order valence-corrected chi connectivity index (χ4v) is 2.12. The lowest BCUT2D eigenvalue weighted by Crippen LogP contribution is -2.37. The molecular weight excluding hydrogens is 202 g/mol. The highest BCUT2D eigenvalue weighted by atomic mass is 16.3. The van der Waals surface area contributed by atoms with Crippen LogP contribution in [-0.2, 0) is 4.79 Å². The molecule has 1 heterocycles. The monoisotopic (exact) mass is 218 g/mol. The molecule has 0 radical (unpaired) electrons. The maximum Gasteiger partial charge on any atom is 0.216 e. The van der Waals surface area contributed by atoms with Crippen LogP contribution in [0.4, 0.5) is 0 Å². The molecule has 1 aliphatic carbocycles. The Balaban J connectivity index is 2.38. The topological polar surface area (TPSA) is 41.2 Å². The number of hydrogen-bond donors (Lipinski definition) is 1. The number of nitrogens with zero attached hydrogens (tertiary/aromatic N) is 1. The third kappa shape index (κ3) is 2.30. The van der Waals surface area contributed by atoms with Gasteiger partial charge in [-0.05, 0) is 11.5 Å². The van der Waals surface area contributed by atoms with Crippen molar-refractivity contribution in [3.05, 3.63) is 30.6 Å². The summed E-state index contributed by atoms with van der Waals surface area (Å²) in [7, 11) is 0. The first-order chi connectivity index (χ1) is 7.46. The molecule has 0 fully saturated rings. The second-order valence-electron chi connectivity index (χ2n) is 5.09. The number of ketones is 1. The molecule has 1 aliphatic rings. The Bertz CT molecular complexity index is 461. The molecule has 84 valence electrons. The summed E-state index contributed by atoms with van der Waals surface area (Å²) >= 11 is 0. The SMILES string of the molecule is CC1(C)CC(=O)C=C([n+]2cccc(O)c2)C1. The number of aromatic nitrogens is 1. The number of aromatic hydroxyl groups is 1. The van der Waals surface area contributed by atoms with Gasteiger partial charge in [-0.25, -0.2) is 0 Å². The fraction of sp³-hybridized carbons (Fsp3) is 0.385. The number of carbonyl (C=O) groups is 1. The van der Waals surface area contributed by atoms with Crippen LogP contribution < -0.4 is 4.57 Å². The van der Waals surface area contributed by atoms with Gasteiger partial charge in [0.15, 0.2) is 23.4 Å². The van der Waals surface area contributed by atoms with E-state index in [2.05, 4.69) is 13.8 Å². The first-order valence-electron chi connectivity index (χ1n) is 5.40. The predicted molar refractivity (Wildman–Crippen MR) is 60.6 cm³/mol. The summed E-state index contributed by atoms with van der Waals surface area (Å²) in [6, 6.07) is 3.38. The predicted octanol–water partition coefficient (Wildman–Crippen LogP) is 1.91. The molecule has 0 unspecified atom stereocenters. The van der Waals surface area contributed by atoms with E-state index in [4.69, 9.17) is 0 Å². The zero-order valence-electron chi connectivity index (χ0n) is 9.60. The molecule has 0 atom stereocenters. The minimum Gasteiger partial charge on any atom is -0.503 e. The van der Waals surface area contributed by atoms with Gasteiger partial charge in [-0.1, -0.05) is 13.8 Å². The van der Waals surface area contributed by atoms with E-state index in [1.54, 1.807) is 24.4 Å². The maximum atomic E-state index is 11.6. The average molecular weight is 218 g/mol. The van der Waals surface area contributed by atoms with E-state index in [1.165, 1.54) is 0 Å². The van der Waals surface area contributed by atoms with Crippen LogP contribution in [0.5, 0.6) is 5.75 Å². The molecule has 0 saturated carbocycles. The van der Waals surface area contributed by atoms with Gasteiger partial charge in [0.05, 0.1) is 0 Å². The quantitative estimate of drug-likeness (QED) is 0.731. The lowest BCUT2D eigenvalue weighted by molar-refractivity contribution is -0.584. The van der Waals surface area contributed by atoms with Crippen molar-refractivity contribution in [2.24, 2.45) is 5.41 Å². The first kappa shape index (κ1) is 10.9. The Morgan fingerprint density at radius 1 is 1.38 bits per heavy atom. The Labute approximate surface area is 95.0 Å². The summed E-state index contributed by atoms with van der Waals surface area (Å²) < 4.78 is 1.81. The van der Waals surface area contributed by atoms with Crippen LogP contribution in [0.1, 0.15) is 26.7 Å². The van der Waals surface area contributed by atoms with Crippen molar-refractivity contribution in [2.45, 2.75) is 26.7 Å². The molecule has 16 heavy (non-hydrogen) atoms. The Kier molecular flexibility index (Phi) is 2.54. The zero-order chi connectivity index (χ0) is 11.8. The van der Waals surface area contributed by atoms with Crippen LogP contribution in [-0.4, -0.2) is 10.9 Å². The molecule has 0 bridgehead atoms. The molecule has 1 aromatic heterocycles. The molecule has 0 aromatic carbocycles. The maximum absolute atomic E-state index is 11.6. The van der Waals surface area contributed by atoms with E-state index in [0.29, 0.717) is 6.42 Å². The number of pyridine rings is 1. The number of rotatable bonds is 1. The summed E-state index contributed by atoms with van der Waals surface area (Å²) in [5.41, 5.74) is 0.941. The highest BCUT2D eigenvalue weighted by Gasteiger charge is 2.31. The molecule has 1 N–H and O–H groups in total. The van der Waals surface area contributed by atoms with Gasteiger partial charge in [0.25, 0.3) is 0 Å². The van der Waals surface area contributed by atoms with Crippen LogP contribution in [0.2, 0.25) is 0 Å². The van der Waals surface area contributed by atoms with Crippen molar-refractivity contribution >= 4 is 11.5 Å². The minimum absolute atomic E-state index is 0.000370. The van der Waals surface area contributed by atoms with Gasteiger partial charge in [0.2, 0.25) is 6.20 Å². The van der Waals surface area contributed by atoms with E-state index in [1.807, 2.05) is 10.8 Å². The summed E-state index contributed by atoms with van der Waals surface area (Å²) in [4.78, 5) is 11.6. The lowest BCUT2D eigenvalue weighted by Gasteiger charge is -2.25. The van der Waals surface area contributed by atoms with Crippen LogP contribution >= 0.6 is 0 Å². The molecule has 0 saturated heterocycles. The molecule has 1 aromatic rings. The minimum atomic E-state index is -0.000370. The molecule has 0 amide bonds. The summed E-state index contributed by atoms with van der Waals surface area (Å²) in [5, 5.41) is 9.41. The highest BCUT2D eigenvalue weighted by molar-refractivity contribution is 5.95. The van der Waals surface area contributed by atoms with Crippen LogP contribution in [0.25, 0.3) is 5.70 Å². The molecular formula is C13H16NO2+. The first-order valence-corrected chi connectivity index (χ1v) is 5.40. The van der Waals surface area contributed by atoms with E-state index >= 15 is 0 Å². The van der Waals surface area contributed by atoms with Crippen LogP contribution in [0.15, 0.2) is 30.6 Å². The largest absolute Gasteiger partial charge is 0.503 e. The third-order valence-electron chi connectivity index (χ3n) is 2.76. The second-order valence-corrected chi connectivity index (χ2v) is 5.09. The van der Waals surface area contributed by atoms with Crippen LogP contribution in [0, 0.1) is 5.41 Å². The zero-order valence-corrected chi connectivity index (χ0v) is 9.60. The standard InChI is InChI=1S/C13H15NO2/c1-13(2)7-10(6-12(16)8-13)14-5-3-4-11(15)9-14/h3-6,9H,7-8H2,1-2H3/p+1. The number of hydrogen-bond acceptors (Lipinski definition) is 2.